The van der Waals surface area contributed by atoms with Gasteiger partial charge in [-0.2, -0.15) is 0 Å². The number of aromatic hydroxyl groups is 1. The predicted molar refractivity (Wildman–Crippen MR) is 147 cm³/mol. The highest BCUT2D eigenvalue weighted by Gasteiger charge is 2.12. The van der Waals surface area contributed by atoms with Crippen molar-refractivity contribution in [1.29, 1.82) is 0 Å². The van der Waals surface area contributed by atoms with Crippen LogP contribution in [0, 0.1) is 0 Å². The van der Waals surface area contributed by atoms with Gasteiger partial charge in [-0.1, -0.05) is 24.8 Å². The first-order valence-corrected chi connectivity index (χ1v) is 11.8. The van der Waals surface area contributed by atoms with Gasteiger partial charge in [0.1, 0.15) is 5.82 Å². The second-order valence-electron chi connectivity index (χ2n) is 8.40. The van der Waals surface area contributed by atoms with Crippen molar-refractivity contribution in [1.82, 2.24) is 9.97 Å². The number of hydrogen-bond acceptors (Lipinski definition) is 7. The van der Waals surface area contributed by atoms with Crippen molar-refractivity contribution in [3.8, 4) is 22.8 Å². The molecule has 0 aliphatic heterocycles. The standard InChI is InChI=1S/C29H27N5O4/c1-4-28(36)32-22-9-6-8-21(14-22)29(37)33-23-10-5-7-19(13-23)18(2)31-27-17-30-16-24(34-27)20-11-12-25(35)26(15-20)38-3/h4-18,35H,1H2,2-3H3,(H,31,34)(H,32,36)(H,33,37)/t18-/m0/s1. The average molecular weight is 510 g/mol. The van der Waals surface area contributed by atoms with Crippen LogP contribution in [0.3, 0.4) is 0 Å². The van der Waals surface area contributed by atoms with Gasteiger partial charge in [0.05, 0.1) is 31.2 Å². The Kier molecular flexibility index (Phi) is 7.98. The lowest BCUT2D eigenvalue weighted by molar-refractivity contribution is -0.111. The molecule has 0 aliphatic carbocycles. The maximum absolute atomic E-state index is 12.8. The summed E-state index contributed by atoms with van der Waals surface area (Å²) in [5.41, 5.74) is 3.82. The van der Waals surface area contributed by atoms with Crippen LogP contribution in [0.1, 0.15) is 28.9 Å². The van der Waals surface area contributed by atoms with Crippen molar-refractivity contribution in [2.45, 2.75) is 13.0 Å². The number of aromatic nitrogens is 2. The lowest BCUT2D eigenvalue weighted by Gasteiger charge is -2.17. The molecule has 0 saturated heterocycles. The van der Waals surface area contributed by atoms with E-state index in [0.717, 1.165) is 11.1 Å². The molecular formula is C29H27N5O4. The van der Waals surface area contributed by atoms with Crippen LogP contribution in [0.5, 0.6) is 11.5 Å². The Morgan fingerprint density at radius 3 is 2.53 bits per heavy atom. The van der Waals surface area contributed by atoms with Gasteiger partial charge in [0.15, 0.2) is 11.5 Å². The summed E-state index contributed by atoms with van der Waals surface area (Å²) in [6, 6.07) is 19.0. The lowest BCUT2D eigenvalue weighted by Crippen LogP contribution is -2.14. The molecule has 0 radical (unpaired) electrons. The molecule has 2 amide bonds. The number of ether oxygens (including phenoxy) is 1. The molecule has 9 heteroatoms. The van der Waals surface area contributed by atoms with Crippen LogP contribution in [-0.2, 0) is 4.79 Å². The molecule has 0 spiro atoms. The van der Waals surface area contributed by atoms with Crippen LogP contribution in [0.25, 0.3) is 11.3 Å². The Morgan fingerprint density at radius 1 is 1.00 bits per heavy atom. The van der Waals surface area contributed by atoms with Crippen molar-refractivity contribution in [2.75, 3.05) is 23.1 Å². The highest BCUT2D eigenvalue weighted by atomic mass is 16.5. The first-order chi connectivity index (χ1) is 18.4. The maximum Gasteiger partial charge on any atom is 0.255 e. The van der Waals surface area contributed by atoms with E-state index in [-0.39, 0.29) is 23.6 Å². The van der Waals surface area contributed by atoms with E-state index in [0.29, 0.717) is 34.2 Å². The molecule has 0 fully saturated rings. The third kappa shape index (κ3) is 6.33. The zero-order chi connectivity index (χ0) is 27.1. The molecule has 0 bridgehead atoms. The zero-order valence-corrected chi connectivity index (χ0v) is 20.9. The number of rotatable bonds is 9. The van der Waals surface area contributed by atoms with Crippen molar-refractivity contribution in [3.05, 3.63) is 103 Å². The molecule has 4 rings (SSSR count). The van der Waals surface area contributed by atoms with Gasteiger partial charge in [0.2, 0.25) is 5.91 Å². The van der Waals surface area contributed by atoms with Crippen molar-refractivity contribution < 1.29 is 19.4 Å². The molecule has 192 valence electrons. The van der Waals surface area contributed by atoms with Crippen molar-refractivity contribution >= 4 is 29.0 Å². The van der Waals surface area contributed by atoms with Crippen molar-refractivity contribution in [3.63, 3.8) is 0 Å². The largest absolute Gasteiger partial charge is 0.504 e. The number of anilines is 3. The molecule has 1 aromatic heterocycles. The molecule has 0 aliphatic rings. The minimum atomic E-state index is -0.352. The highest BCUT2D eigenvalue weighted by Crippen LogP contribution is 2.31. The molecule has 0 unspecified atom stereocenters. The second kappa shape index (κ2) is 11.7. The Labute approximate surface area is 220 Å². The van der Waals surface area contributed by atoms with E-state index in [1.165, 1.54) is 13.2 Å². The van der Waals surface area contributed by atoms with E-state index in [1.54, 1.807) is 60.9 Å². The van der Waals surface area contributed by atoms with E-state index in [1.807, 2.05) is 25.1 Å². The molecule has 9 nitrogen and oxygen atoms in total. The van der Waals surface area contributed by atoms with Crippen LogP contribution >= 0.6 is 0 Å². The Morgan fingerprint density at radius 2 is 1.76 bits per heavy atom. The monoisotopic (exact) mass is 509 g/mol. The summed E-state index contributed by atoms with van der Waals surface area (Å²) < 4.78 is 5.19. The number of phenolic OH excluding ortho intramolecular Hbond substituents is 1. The molecule has 0 saturated carbocycles. The second-order valence-corrected chi connectivity index (χ2v) is 8.40. The highest BCUT2D eigenvalue weighted by molar-refractivity contribution is 6.06. The number of nitrogens with one attached hydrogen (secondary N) is 3. The summed E-state index contributed by atoms with van der Waals surface area (Å²) in [4.78, 5) is 33.3. The topological polar surface area (TPSA) is 125 Å². The molecule has 38 heavy (non-hydrogen) atoms. The number of hydrogen-bond donors (Lipinski definition) is 4. The van der Waals surface area contributed by atoms with E-state index in [9.17, 15) is 14.7 Å². The fourth-order valence-corrected chi connectivity index (χ4v) is 3.74. The summed E-state index contributed by atoms with van der Waals surface area (Å²) in [6.45, 7) is 5.41. The quantitative estimate of drug-likeness (QED) is 0.222. The first kappa shape index (κ1) is 25.9. The van der Waals surface area contributed by atoms with Crippen LogP contribution in [-0.4, -0.2) is 34.0 Å². The number of carbonyl (C=O) groups is 2. The number of phenols is 1. The summed E-state index contributed by atoms with van der Waals surface area (Å²) in [7, 11) is 1.49. The van der Waals surface area contributed by atoms with Gasteiger partial charge < -0.3 is 25.8 Å². The SMILES string of the molecule is C=CC(=O)Nc1cccc(C(=O)Nc2cccc([C@H](C)Nc3cncc(-c4ccc(O)c(OC)c4)n3)c2)c1. The Hall–Kier alpha value is -5.18. The van der Waals surface area contributed by atoms with E-state index >= 15 is 0 Å². The van der Waals surface area contributed by atoms with Crippen LogP contribution in [0.4, 0.5) is 17.2 Å². The molecular weight excluding hydrogens is 482 g/mol. The normalized spacial score (nSPS) is 11.2. The van der Waals surface area contributed by atoms with Crippen LogP contribution in [0.2, 0.25) is 0 Å². The van der Waals surface area contributed by atoms with Gasteiger partial charge in [0.25, 0.3) is 5.91 Å². The van der Waals surface area contributed by atoms with E-state index < -0.39 is 0 Å². The summed E-state index contributed by atoms with van der Waals surface area (Å²) in [5.74, 6) is 0.305. The van der Waals surface area contributed by atoms with Crippen LogP contribution < -0.4 is 20.7 Å². The number of benzene rings is 3. The summed E-state index contributed by atoms with van der Waals surface area (Å²) >= 11 is 0. The molecule has 1 atom stereocenters. The third-order valence-corrected chi connectivity index (χ3v) is 5.70. The molecule has 4 N–H and O–H groups in total. The van der Waals surface area contributed by atoms with Gasteiger partial charge in [-0.05, 0) is 67.1 Å². The molecule has 4 aromatic rings. The van der Waals surface area contributed by atoms with Gasteiger partial charge in [-0.15, -0.1) is 0 Å². The number of carbonyl (C=O) groups excluding carboxylic acids is 2. The average Bonchev–Trinajstić information content (AvgIpc) is 2.93. The lowest BCUT2D eigenvalue weighted by atomic mass is 10.1. The van der Waals surface area contributed by atoms with Gasteiger partial charge in [-0.3, -0.25) is 14.6 Å². The third-order valence-electron chi connectivity index (χ3n) is 5.70. The number of amides is 2. The predicted octanol–water partition coefficient (Wildman–Crippen LogP) is 5.41. The van der Waals surface area contributed by atoms with Crippen molar-refractivity contribution in [2.24, 2.45) is 0 Å². The molecule has 3 aromatic carbocycles. The van der Waals surface area contributed by atoms with E-state index in [2.05, 4.69) is 32.5 Å². The zero-order valence-electron chi connectivity index (χ0n) is 20.9. The minimum absolute atomic E-state index is 0.0475. The van der Waals surface area contributed by atoms with E-state index in [4.69, 9.17) is 4.74 Å². The number of methoxy groups -OCH3 is 1. The fourth-order valence-electron chi connectivity index (χ4n) is 3.74. The van der Waals surface area contributed by atoms with Gasteiger partial charge in [0, 0.05) is 22.5 Å². The summed E-state index contributed by atoms with van der Waals surface area (Å²) in [6.07, 6.45) is 4.43. The fraction of sp³-hybridized carbons (Fsp3) is 0.103. The summed E-state index contributed by atoms with van der Waals surface area (Å²) in [5, 5.41) is 18.7. The van der Waals surface area contributed by atoms with Gasteiger partial charge in [-0.25, -0.2) is 4.98 Å². The minimum Gasteiger partial charge on any atom is -0.504 e. The number of nitrogens with zero attached hydrogens (tertiary/aromatic N) is 2. The molecule has 1 heterocycles. The Bertz CT molecular complexity index is 1490. The maximum atomic E-state index is 12.8. The Balaban J connectivity index is 1.46. The smallest absolute Gasteiger partial charge is 0.255 e. The van der Waals surface area contributed by atoms with Gasteiger partial charge >= 0.3 is 0 Å². The first-order valence-electron chi connectivity index (χ1n) is 11.8. The van der Waals surface area contributed by atoms with Crippen LogP contribution in [0.15, 0.2) is 91.8 Å².